The number of carbonyl (C=O) groups is 1. The Kier molecular flexibility index (Phi) is 3.48. The van der Waals surface area contributed by atoms with Gasteiger partial charge in [0.15, 0.2) is 0 Å². The number of pyridine rings is 1. The number of aromatic nitrogens is 1. The molecule has 20 heavy (non-hydrogen) atoms. The summed E-state index contributed by atoms with van der Waals surface area (Å²) in [5.74, 6) is 0.0822. The van der Waals surface area contributed by atoms with Crippen LogP contribution in [0.4, 0.5) is 5.69 Å². The van der Waals surface area contributed by atoms with E-state index in [-0.39, 0.29) is 11.9 Å². The molecule has 102 valence electrons. The molecule has 0 radical (unpaired) electrons. The minimum Gasteiger partial charge on any atom is -0.326 e. The van der Waals surface area contributed by atoms with Gasteiger partial charge >= 0.3 is 0 Å². The molecule has 1 unspecified atom stereocenters. The third-order valence-electron chi connectivity index (χ3n) is 3.59. The molecule has 1 amide bonds. The number of fused-ring (bicyclic) bond motifs is 1. The van der Waals surface area contributed by atoms with E-state index in [4.69, 9.17) is 5.73 Å². The first kappa shape index (κ1) is 12.8. The van der Waals surface area contributed by atoms with Crippen LogP contribution in [-0.4, -0.2) is 23.5 Å². The molecule has 0 saturated carbocycles. The van der Waals surface area contributed by atoms with Gasteiger partial charge in [-0.1, -0.05) is 18.2 Å². The number of hydrogen-bond donors (Lipinski definition) is 1. The van der Waals surface area contributed by atoms with Crippen LogP contribution in [0.2, 0.25) is 0 Å². The second kappa shape index (κ2) is 5.43. The van der Waals surface area contributed by atoms with Crippen LogP contribution >= 0.6 is 0 Å². The third-order valence-corrected chi connectivity index (χ3v) is 3.59. The first-order valence-electron chi connectivity index (χ1n) is 6.77. The highest BCUT2D eigenvalue weighted by Crippen LogP contribution is 2.26. The molecular formula is C16H17N3O. The van der Waals surface area contributed by atoms with Crippen molar-refractivity contribution < 1.29 is 4.79 Å². The lowest BCUT2D eigenvalue weighted by Gasteiger charge is -2.33. The molecule has 0 bridgehead atoms. The van der Waals surface area contributed by atoms with Crippen molar-refractivity contribution in [1.29, 1.82) is 0 Å². The largest absolute Gasteiger partial charge is 0.326 e. The van der Waals surface area contributed by atoms with Crippen LogP contribution in [0.25, 0.3) is 0 Å². The van der Waals surface area contributed by atoms with Crippen LogP contribution in [0.5, 0.6) is 0 Å². The van der Waals surface area contributed by atoms with Crippen LogP contribution in [0.1, 0.15) is 11.1 Å². The molecule has 2 N–H and O–H groups in total. The van der Waals surface area contributed by atoms with Crippen LogP contribution in [0.3, 0.4) is 0 Å². The zero-order chi connectivity index (χ0) is 13.9. The summed E-state index contributed by atoms with van der Waals surface area (Å²) in [4.78, 5) is 18.3. The first-order valence-corrected chi connectivity index (χ1v) is 6.77. The molecule has 0 fully saturated rings. The number of rotatable bonds is 2. The van der Waals surface area contributed by atoms with Gasteiger partial charge < -0.3 is 10.6 Å². The number of amides is 1. The van der Waals surface area contributed by atoms with E-state index in [1.54, 1.807) is 12.4 Å². The van der Waals surface area contributed by atoms with E-state index >= 15 is 0 Å². The third kappa shape index (κ3) is 2.56. The highest BCUT2D eigenvalue weighted by atomic mass is 16.2. The Morgan fingerprint density at radius 2 is 2.00 bits per heavy atom. The Hall–Kier alpha value is -2.20. The Morgan fingerprint density at radius 1 is 1.25 bits per heavy atom. The lowest BCUT2D eigenvalue weighted by molar-refractivity contribution is -0.118. The maximum Gasteiger partial charge on any atom is 0.231 e. The van der Waals surface area contributed by atoms with Crippen LogP contribution < -0.4 is 10.6 Å². The second-order valence-electron chi connectivity index (χ2n) is 5.13. The minimum atomic E-state index is 0.00582. The zero-order valence-corrected chi connectivity index (χ0v) is 11.2. The Balaban J connectivity index is 1.85. The van der Waals surface area contributed by atoms with Crippen LogP contribution in [0.15, 0.2) is 48.8 Å². The van der Waals surface area contributed by atoms with Gasteiger partial charge in [-0.05, 0) is 35.7 Å². The van der Waals surface area contributed by atoms with Gasteiger partial charge in [0.2, 0.25) is 5.91 Å². The second-order valence-corrected chi connectivity index (χ2v) is 5.13. The first-order chi connectivity index (χ1) is 9.74. The Labute approximate surface area is 118 Å². The fraction of sp³-hybridized carbons (Fsp3) is 0.250. The maximum absolute atomic E-state index is 12.5. The number of para-hydroxylation sites is 1. The van der Waals surface area contributed by atoms with Crippen LogP contribution in [-0.2, 0) is 17.6 Å². The molecule has 1 aliphatic heterocycles. The summed E-state index contributed by atoms with van der Waals surface area (Å²) in [6, 6.07) is 11.7. The van der Waals surface area contributed by atoms with E-state index in [9.17, 15) is 4.79 Å². The summed E-state index contributed by atoms with van der Waals surface area (Å²) in [5.41, 5.74) is 9.18. The predicted octanol–water partition coefficient (Wildman–Crippen LogP) is 1.54. The molecular weight excluding hydrogens is 250 g/mol. The van der Waals surface area contributed by atoms with E-state index in [2.05, 4.69) is 4.98 Å². The van der Waals surface area contributed by atoms with Gasteiger partial charge in [0.25, 0.3) is 0 Å². The lowest BCUT2D eigenvalue weighted by Crippen LogP contribution is -2.46. The lowest BCUT2D eigenvalue weighted by atomic mass is 9.98. The SMILES string of the molecule is NC1Cc2ccccc2N(C(=O)Cc2ccncc2)C1. The molecule has 1 aromatic heterocycles. The van der Waals surface area contributed by atoms with E-state index in [0.29, 0.717) is 13.0 Å². The topological polar surface area (TPSA) is 59.2 Å². The van der Waals surface area contributed by atoms with Gasteiger partial charge in [0.1, 0.15) is 0 Å². The monoisotopic (exact) mass is 267 g/mol. The summed E-state index contributed by atoms with van der Waals surface area (Å²) in [6.07, 6.45) is 4.62. The quantitative estimate of drug-likeness (QED) is 0.898. The fourth-order valence-electron chi connectivity index (χ4n) is 2.63. The molecule has 1 atom stereocenters. The molecule has 1 aliphatic rings. The van der Waals surface area contributed by atoms with Crippen molar-refractivity contribution in [2.75, 3.05) is 11.4 Å². The average Bonchev–Trinajstić information content (AvgIpc) is 2.47. The highest BCUT2D eigenvalue weighted by molar-refractivity contribution is 5.96. The van der Waals surface area contributed by atoms with Crippen molar-refractivity contribution in [1.82, 2.24) is 4.98 Å². The summed E-state index contributed by atoms with van der Waals surface area (Å²) in [5, 5.41) is 0. The van der Waals surface area contributed by atoms with Crippen molar-refractivity contribution in [3.63, 3.8) is 0 Å². The van der Waals surface area contributed by atoms with Crippen molar-refractivity contribution in [3.8, 4) is 0 Å². The predicted molar refractivity (Wildman–Crippen MR) is 78.4 cm³/mol. The van der Waals surface area contributed by atoms with E-state index < -0.39 is 0 Å². The van der Waals surface area contributed by atoms with E-state index in [1.165, 1.54) is 0 Å². The number of nitrogens with two attached hydrogens (primary N) is 1. The van der Waals surface area contributed by atoms with Gasteiger partial charge in [-0.15, -0.1) is 0 Å². The fourth-order valence-corrected chi connectivity index (χ4v) is 2.63. The standard InChI is InChI=1S/C16H17N3O/c17-14-10-13-3-1-2-4-15(13)19(11-14)16(20)9-12-5-7-18-8-6-12/h1-8,14H,9-11,17H2. The normalized spacial score (nSPS) is 17.6. The molecule has 0 aliphatic carbocycles. The molecule has 4 nitrogen and oxygen atoms in total. The Bertz CT molecular complexity index is 612. The molecule has 1 aromatic carbocycles. The van der Waals surface area contributed by atoms with E-state index in [1.807, 2.05) is 41.3 Å². The Morgan fingerprint density at radius 3 is 2.80 bits per heavy atom. The van der Waals surface area contributed by atoms with Crippen molar-refractivity contribution in [2.24, 2.45) is 5.73 Å². The minimum absolute atomic E-state index is 0.00582. The number of hydrogen-bond acceptors (Lipinski definition) is 3. The number of anilines is 1. The van der Waals surface area contributed by atoms with Gasteiger partial charge in [0.05, 0.1) is 6.42 Å². The van der Waals surface area contributed by atoms with Crippen molar-refractivity contribution in [2.45, 2.75) is 18.9 Å². The summed E-state index contributed by atoms with van der Waals surface area (Å²) in [6.45, 7) is 0.584. The molecule has 2 aromatic rings. The molecule has 2 heterocycles. The zero-order valence-electron chi connectivity index (χ0n) is 11.2. The van der Waals surface area contributed by atoms with Gasteiger partial charge in [-0.25, -0.2) is 0 Å². The molecule has 0 saturated heterocycles. The molecule has 0 spiro atoms. The molecule has 4 heteroatoms. The molecule has 3 rings (SSSR count). The van der Waals surface area contributed by atoms with Crippen molar-refractivity contribution >= 4 is 11.6 Å². The number of benzene rings is 1. The van der Waals surface area contributed by atoms with Gasteiger partial charge in [0, 0.05) is 30.7 Å². The summed E-state index contributed by atoms with van der Waals surface area (Å²) < 4.78 is 0. The van der Waals surface area contributed by atoms with E-state index in [0.717, 1.165) is 23.2 Å². The van der Waals surface area contributed by atoms with Gasteiger partial charge in [-0.3, -0.25) is 9.78 Å². The van der Waals surface area contributed by atoms with Crippen molar-refractivity contribution in [3.05, 3.63) is 59.9 Å². The van der Waals surface area contributed by atoms with Crippen LogP contribution in [0, 0.1) is 0 Å². The number of nitrogens with zero attached hydrogens (tertiary/aromatic N) is 2. The smallest absolute Gasteiger partial charge is 0.231 e. The van der Waals surface area contributed by atoms with Gasteiger partial charge in [-0.2, -0.15) is 0 Å². The summed E-state index contributed by atoms with van der Waals surface area (Å²) >= 11 is 0. The number of carbonyl (C=O) groups excluding carboxylic acids is 1. The highest BCUT2D eigenvalue weighted by Gasteiger charge is 2.26. The maximum atomic E-state index is 12.5. The average molecular weight is 267 g/mol. The summed E-state index contributed by atoms with van der Waals surface area (Å²) in [7, 11) is 0.